The Morgan fingerprint density at radius 1 is 1.21 bits per heavy atom. The fraction of sp³-hybridized carbons (Fsp3) is 0.600. The largest absolute Gasteiger partial charge is 0.388 e. The van der Waals surface area contributed by atoms with Crippen LogP contribution in [-0.4, -0.2) is 37.1 Å². The van der Waals surface area contributed by atoms with Crippen LogP contribution in [0.2, 0.25) is 0 Å². The summed E-state index contributed by atoms with van der Waals surface area (Å²) in [6, 6.07) is 8.52. The second kappa shape index (κ2) is 5.59. The van der Waals surface area contributed by atoms with Crippen LogP contribution in [0.3, 0.4) is 0 Å². The van der Waals surface area contributed by atoms with Gasteiger partial charge < -0.3 is 19.9 Å². The summed E-state index contributed by atoms with van der Waals surface area (Å²) in [5, 5.41) is 13.9. The Bertz CT molecular complexity index is 429. The van der Waals surface area contributed by atoms with Gasteiger partial charge in [-0.05, 0) is 11.1 Å². The molecule has 0 spiro atoms. The van der Waals surface area contributed by atoms with Gasteiger partial charge in [-0.15, -0.1) is 0 Å². The zero-order valence-electron chi connectivity index (χ0n) is 11.1. The van der Waals surface area contributed by atoms with Crippen LogP contribution in [0.5, 0.6) is 0 Å². The van der Waals surface area contributed by atoms with Crippen molar-refractivity contribution in [2.45, 2.75) is 31.1 Å². The summed E-state index contributed by atoms with van der Waals surface area (Å²) in [6.45, 7) is 3.25. The van der Waals surface area contributed by atoms with Gasteiger partial charge >= 0.3 is 0 Å². The van der Waals surface area contributed by atoms with Crippen molar-refractivity contribution in [2.24, 2.45) is 0 Å². The maximum atomic E-state index is 10.5. The summed E-state index contributed by atoms with van der Waals surface area (Å²) in [4.78, 5) is 0. The van der Waals surface area contributed by atoms with Crippen molar-refractivity contribution < 1.29 is 14.6 Å². The van der Waals surface area contributed by atoms with E-state index >= 15 is 0 Å². The lowest BCUT2D eigenvalue weighted by Gasteiger charge is -2.35. The van der Waals surface area contributed by atoms with Crippen LogP contribution in [0.25, 0.3) is 0 Å². The lowest BCUT2D eigenvalue weighted by Crippen LogP contribution is -2.47. The van der Waals surface area contributed by atoms with E-state index < -0.39 is 5.60 Å². The van der Waals surface area contributed by atoms with Gasteiger partial charge in [0.25, 0.3) is 0 Å². The minimum absolute atomic E-state index is 0.178. The third kappa shape index (κ3) is 2.98. The first-order valence-corrected chi connectivity index (χ1v) is 6.96. The predicted molar refractivity (Wildman–Crippen MR) is 71.8 cm³/mol. The summed E-state index contributed by atoms with van der Waals surface area (Å²) < 4.78 is 10.9. The summed E-state index contributed by atoms with van der Waals surface area (Å²) in [5.41, 5.74) is 1.90. The lowest BCUT2D eigenvalue weighted by atomic mass is 9.93. The minimum Gasteiger partial charge on any atom is -0.388 e. The third-order valence-corrected chi connectivity index (χ3v) is 4.07. The fourth-order valence-electron chi connectivity index (χ4n) is 2.79. The lowest BCUT2D eigenvalue weighted by molar-refractivity contribution is -0.0646. The van der Waals surface area contributed by atoms with Gasteiger partial charge in [-0.2, -0.15) is 0 Å². The molecule has 0 amide bonds. The van der Waals surface area contributed by atoms with Crippen molar-refractivity contribution >= 4 is 0 Å². The SMILES string of the molecule is OC1(CNC2COCc3ccccc32)CCOCC1. The number of hydrogen-bond donors (Lipinski definition) is 2. The van der Waals surface area contributed by atoms with E-state index in [-0.39, 0.29) is 6.04 Å². The van der Waals surface area contributed by atoms with Crippen molar-refractivity contribution in [1.82, 2.24) is 5.32 Å². The Morgan fingerprint density at radius 3 is 2.84 bits per heavy atom. The molecule has 0 saturated carbocycles. The Kier molecular flexibility index (Phi) is 3.84. The molecule has 0 bridgehead atoms. The van der Waals surface area contributed by atoms with E-state index in [4.69, 9.17) is 9.47 Å². The fourth-order valence-corrected chi connectivity index (χ4v) is 2.79. The Hall–Kier alpha value is -0.940. The Labute approximate surface area is 113 Å². The molecule has 19 heavy (non-hydrogen) atoms. The maximum Gasteiger partial charge on any atom is 0.0815 e. The van der Waals surface area contributed by atoms with E-state index in [0.29, 0.717) is 45.8 Å². The quantitative estimate of drug-likeness (QED) is 0.865. The molecule has 2 heterocycles. The predicted octanol–water partition coefficient (Wildman–Crippen LogP) is 1.39. The highest BCUT2D eigenvalue weighted by molar-refractivity contribution is 5.31. The molecule has 2 aliphatic heterocycles. The highest BCUT2D eigenvalue weighted by Crippen LogP contribution is 2.26. The Morgan fingerprint density at radius 2 is 2.00 bits per heavy atom. The van der Waals surface area contributed by atoms with Crippen LogP contribution in [0.1, 0.15) is 30.0 Å². The first-order valence-electron chi connectivity index (χ1n) is 6.96. The zero-order chi connectivity index (χ0) is 13.1. The molecule has 104 valence electrons. The van der Waals surface area contributed by atoms with Gasteiger partial charge in [0, 0.05) is 32.6 Å². The average Bonchev–Trinajstić information content (AvgIpc) is 2.46. The smallest absolute Gasteiger partial charge is 0.0815 e. The van der Waals surface area contributed by atoms with Gasteiger partial charge in [-0.1, -0.05) is 24.3 Å². The van der Waals surface area contributed by atoms with Crippen LogP contribution in [0.4, 0.5) is 0 Å². The van der Waals surface area contributed by atoms with Gasteiger partial charge in [-0.25, -0.2) is 0 Å². The summed E-state index contributed by atoms with van der Waals surface area (Å²) in [7, 11) is 0. The number of fused-ring (bicyclic) bond motifs is 1. The summed E-state index contributed by atoms with van der Waals surface area (Å²) in [5.74, 6) is 0. The standard InChI is InChI=1S/C15H21NO3/c17-15(5-7-18-8-6-15)11-16-14-10-19-9-12-3-1-2-4-13(12)14/h1-4,14,16-17H,5-11H2. The molecule has 3 rings (SSSR count). The van der Waals surface area contributed by atoms with E-state index in [1.54, 1.807) is 0 Å². The Balaban J connectivity index is 1.64. The number of nitrogens with one attached hydrogen (secondary N) is 1. The highest BCUT2D eigenvalue weighted by atomic mass is 16.5. The highest BCUT2D eigenvalue weighted by Gasteiger charge is 2.31. The van der Waals surface area contributed by atoms with Gasteiger partial charge in [0.15, 0.2) is 0 Å². The molecule has 1 fully saturated rings. The molecule has 0 aliphatic carbocycles. The zero-order valence-corrected chi connectivity index (χ0v) is 11.1. The number of benzene rings is 1. The van der Waals surface area contributed by atoms with Crippen molar-refractivity contribution in [3.05, 3.63) is 35.4 Å². The van der Waals surface area contributed by atoms with E-state index in [1.165, 1.54) is 11.1 Å². The van der Waals surface area contributed by atoms with Gasteiger partial charge in [0.2, 0.25) is 0 Å². The molecular weight excluding hydrogens is 242 g/mol. The molecule has 2 N–H and O–H groups in total. The molecule has 1 atom stereocenters. The molecule has 0 aromatic heterocycles. The van der Waals surface area contributed by atoms with Crippen molar-refractivity contribution in [1.29, 1.82) is 0 Å². The van der Waals surface area contributed by atoms with Crippen molar-refractivity contribution in [2.75, 3.05) is 26.4 Å². The van der Waals surface area contributed by atoms with E-state index in [2.05, 4.69) is 23.5 Å². The van der Waals surface area contributed by atoms with Crippen molar-refractivity contribution in [3.63, 3.8) is 0 Å². The number of aliphatic hydroxyl groups is 1. The molecule has 1 aromatic rings. The molecular formula is C15H21NO3. The topological polar surface area (TPSA) is 50.7 Å². The maximum absolute atomic E-state index is 10.5. The summed E-state index contributed by atoms with van der Waals surface area (Å²) >= 11 is 0. The molecule has 1 saturated heterocycles. The van der Waals surface area contributed by atoms with Crippen molar-refractivity contribution in [3.8, 4) is 0 Å². The molecule has 1 aromatic carbocycles. The molecule has 4 nitrogen and oxygen atoms in total. The number of ether oxygens (including phenoxy) is 2. The molecule has 0 radical (unpaired) electrons. The first kappa shape index (κ1) is 13.1. The first-order chi connectivity index (χ1) is 9.27. The molecule has 4 heteroatoms. The molecule has 1 unspecified atom stereocenters. The van der Waals surface area contributed by atoms with Gasteiger partial charge in [0.05, 0.1) is 24.9 Å². The number of hydrogen-bond acceptors (Lipinski definition) is 4. The monoisotopic (exact) mass is 263 g/mol. The normalized spacial score (nSPS) is 25.8. The third-order valence-electron chi connectivity index (χ3n) is 4.07. The van der Waals surface area contributed by atoms with Crippen LogP contribution < -0.4 is 5.32 Å². The second-order valence-electron chi connectivity index (χ2n) is 5.48. The van der Waals surface area contributed by atoms with Crippen LogP contribution >= 0.6 is 0 Å². The van der Waals surface area contributed by atoms with Gasteiger partial charge in [-0.3, -0.25) is 0 Å². The van der Waals surface area contributed by atoms with Gasteiger partial charge in [0.1, 0.15) is 0 Å². The average molecular weight is 263 g/mol. The van der Waals surface area contributed by atoms with E-state index in [9.17, 15) is 5.11 Å². The van der Waals surface area contributed by atoms with Crippen LogP contribution in [0.15, 0.2) is 24.3 Å². The van der Waals surface area contributed by atoms with E-state index in [0.717, 1.165) is 0 Å². The minimum atomic E-state index is -0.634. The van der Waals surface area contributed by atoms with Crippen LogP contribution in [-0.2, 0) is 16.1 Å². The van der Waals surface area contributed by atoms with Crippen LogP contribution in [0, 0.1) is 0 Å². The summed E-state index contributed by atoms with van der Waals surface area (Å²) in [6.07, 6.45) is 1.41. The van der Waals surface area contributed by atoms with E-state index in [1.807, 2.05) is 6.07 Å². The molecule has 2 aliphatic rings. The number of rotatable bonds is 3. The second-order valence-corrected chi connectivity index (χ2v) is 5.48.